The maximum absolute atomic E-state index is 6.39. The van der Waals surface area contributed by atoms with E-state index in [1.165, 1.54) is 0 Å². The van der Waals surface area contributed by atoms with Crippen molar-refractivity contribution in [2.45, 2.75) is 59.0 Å². The second-order valence-corrected chi connectivity index (χ2v) is 5.86. The fraction of sp³-hybridized carbons (Fsp3) is 0.643. The fourth-order valence-electron chi connectivity index (χ4n) is 2.47. The molecule has 1 atom stereocenters. The zero-order chi connectivity index (χ0) is 14.9. The van der Waals surface area contributed by atoms with E-state index in [1.54, 1.807) is 6.33 Å². The average Bonchev–Trinajstić information content (AvgIpc) is 2.95. The van der Waals surface area contributed by atoms with Crippen molar-refractivity contribution in [3.05, 3.63) is 29.1 Å². The summed E-state index contributed by atoms with van der Waals surface area (Å²) in [5.74, 6) is 0.916. The molecule has 0 spiro atoms. The molecule has 0 aromatic carbocycles. The van der Waals surface area contributed by atoms with E-state index in [4.69, 9.17) is 11.6 Å². The number of halogens is 1. The Morgan fingerprint density at radius 1 is 1.30 bits per heavy atom. The molecule has 0 N–H and O–H groups in total. The Hall–Kier alpha value is -1.36. The summed E-state index contributed by atoms with van der Waals surface area (Å²) in [5, 5.41) is 8.89. The summed E-state index contributed by atoms with van der Waals surface area (Å²) >= 11 is 6.39. The average molecular weight is 296 g/mol. The Balaban J connectivity index is 2.33. The molecular weight excluding hydrogens is 274 g/mol. The highest BCUT2D eigenvalue weighted by Gasteiger charge is 2.19. The van der Waals surface area contributed by atoms with E-state index >= 15 is 0 Å². The van der Waals surface area contributed by atoms with Crippen LogP contribution in [0.5, 0.6) is 0 Å². The van der Waals surface area contributed by atoms with Gasteiger partial charge in [0, 0.05) is 17.3 Å². The number of rotatable bonds is 5. The van der Waals surface area contributed by atoms with Crippen LogP contribution in [0.4, 0.5) is 0 Å². The summed E-state index contributed by atoms with van der Waals surface area (Å²) in [7, 11) is 0. The van der Waals surface area contributed by atoms with Crippen LogP contribution in [0.3, 0.4) is 0 Å². The Morgan fingerprint density at radius 3 is 2.60 bits per heavy atom. The third kappa shape index (κ3) is 2.73. The van der Waals surface area contributed by atoms with Crippen LogP contribution in [0.25, 0.3) is 0 Å². The molecule has 0 aliphatic rings. The first kappa shape index (κ1) is 15.0. The predicted molar refractivity (Wildman–Crippen MR) is 80.1 cm³/mol. The van der Waals surface area contributed by atoms with E-state index in [0.29, 0.717) is 12.6 Å². The highest BCUT2D eigenvalue weighted by Crippen LogP contribution is 2.29. The molecule has 2 heterocycles. The van der Waals surface area contributed by atoms with E-state index in [1.807, 2.05) is 16.3 Å². The van der Waals surface area contributed by atoms with Crippen LogP contribution in [-0.2, 0) is 6.54 Å². The standard InChI is InChI=1S/C14H22ClN5/c1-6-12(15)14-10(4)18-19(11(14)5)7-13-16-8-17-20(13)9(2)3/h8-9,12H,6-7H2,1-5H3. The van der Waals surface area contributed by atoms with Gasteiger partial charge in [-0.3, -0.25) is 4.68 Å². The van der Waals surface area contributed by atoms with Crippen molar-refractivity contribution in [3.8, 4) is 0 Å². The van der Waals surface area contributed by atoms with Crippen LogP contribution in [0.1, 0.15) is 61.4 Å². The molecule has 0 aliphatic carbocycles. The molecule has 1 unspecified atom stereocenters. The normalized spacial score (nSPS) is 13.2. The lowest BCUT2D eigenvalue weighted by molar-refractivity contribution is 0.485. The number of hydrogen-bond acceptors (Lipinski definition) is 3. The minimum Gasteiger partial charge on any atom is -0.262 e. The molecule has 0 saturated heterocycles. The van der Waals surface area contributed by atoms with Crippen molar-refractivity contribution in [3.63, 3.8) is 0 Å². The minimum absolute atomic E-state index is 0.0201. The molecule has 2 aromatic rings. The van der Waals surface area contributed by atoms with Crippen LogP contribution in [0.15, 0.2) is 6.33 Å². The van der Waals surface area contributed by atoms with Gasteiger partial charge in [0.2, 0.25) is 0 Å². The van der Waals surface area contributed by atoms with Crippen molar-refractivity contribution < 1.29 is 0 Å². The maximum atomic E-state index is 6.39. The first-order valence-corrected chi connectivity index (χ1v) is 7.45. The van der Waals surface area contributed by atoms with Crippen LogP contribution in [0.2, 0.25) is 0 Å². The largest absolute Gasteiger partial charge is 0.262 e. The van der Waals surface area contributed by atoms with Gasteiger partial charge >= 0.3 is 0 Å². The second-order valence-electron chi connectivity index (χ2n) is 5.33. The Labute approximate surface area is 125 Å². The van der Waals surface area contributed by atoms with Crippen molar-refractivity contribution >= 4 is 11.6 Å². The second kappa shape index (κ2) is 5.95. The molecule has 0 bridgehead atoms. The summed E-state index contributed by atoms with van der Waals surface area (Å²) in [5.41, 5.74) is 3.26. The molecule has 0 fully saturated rings. The summed E-state index contributed by atoms with van der Waals surface area (Å²) in [4.78, 5) is 4.34. The third-order valence-electron chi connectivity index (χ3n) is 3.54. The van der Waals surface area contributed by atoms with Crippen molar-refractivity contribution in [1.29, 1.82) is 0 Å². The Kier molecular flexibility index (Phi) is 4.48. The number of alkyl halides is 1. The maximum Gasteiger partial charge on any atom is 0.148 e. The first-order chi connectivity index (χ1) is 9.45. The summed E-state index contributed by atoms with van der Waals surface area (Å²) in [6.07, 6.45) is 2.50. The molecule has 0 radical (unpaired) electrons. The highest BCUT2D eigenvalue weighted by atomic mass is 35.5. The number of hydrogen-bond donors (Lipinski definition) is 0. The van der Waals surface area contributed by atoms with Gasteiger partial charge in [0.25, 0.3) is 0 Å². The number of nitrogens with zero attached hydrogens (tertiary/aromatic N) is 5. The van der Waals surface area contributed by atoms with Gasteiger partial charge in [-0.05, 0) is 34.1 Å². The molecular formula is C14H22ClN5. The van der Waals surface area contributed by atoms with Gasteiger partial charge in [-0.1, -0.05) is 6.92 Å². The summed E-state index contributed by atoms with van der Waals surface area (Å²) in [6, 6.07) is 0.292. The molecule has 0 saturated carbocycles. The molecule has 5 nitrogen and oxygen atoms in total. The van der Waals surface area contributed by atoms with Crippen molar-refractivity contribution in [2.75, 3.05) is 0 Å². The molecule has 110 valence electrons. The molecule has 0 amide bonds. The van der Waals surface area contributed by atoms with Gasteiger partial charge in [-0.25, -0.2) is 9.67 Å². The van der Waals surface area contributed by atoms with Gasteiger partial charge in [-0.2, -0.15) is 10.2 Å². The van der Waals surface area contributed by atoms with Crippen molar-refractivity contribution in [1.82, 2.24) is 24.5 Å². The predicted octanol–water partition coefficient (Wildman–Crippen LogP) is 3.41. The summed E-state index contributed by atoms with van der Waals surface area (Å²) in [6.45, 7) is 11.0. The molecule has 0 aliphatic heterocycles. The number of aryl methyl sites for hydroxylation is 1. The zero-order valence-electron chi connectivity index (χ0n) is 12.8. The fourth-order valence-corrected chi connectivity index (χ4v) is 2.79. The van der Waals surface area contributed by atoms with Gasteiger partial charge in [0.15, 0.2) is 0 Å². The zero-order valence-corrected chi connectivity index (χ0v) is 13.5. The van der Waals surface area contributed by atoms with Gasteiger partial charge in [0.05, 0.1) is 11.1 Å². The lowest BCUT2D eigenvalue weighted by Gasteiger charge is -2.11. The molecule has 2 rings (SSSR count). The monoisotopic (exact) mass is 295 g/mol. The third-order valence-corrected chi connectivity index (χ3v) is 4.06. The first-order valence-electron chi connectivity index (χ1n) is 7.02. The van der Waals surface area contributed by atoms with Gasteiger partial charge in [-0.15, -0.1) is 11.6 Å². The van der Waals surface area contributed by atoms with E-state index in [2.05, 4.69) is 42.9 Å². The Morgan fingerprint density at radius 2 is 2.00 bits per heavy atom. The van der Waals surface area contributed by atoms with Crippen LogP contribution < -0.4 is 0 Å². The smallest absolute Gasteiger partial charge is 0.148 e. The molecule has 2 aromatic heterocycles. The Bertz CT molecular complexity index is 584. The minimum atomic E-state index is 0.0201. The lowest BCUT2D eigenvalue weighted by Crippen LogP contribution is -2.13. The van der Waals surface area contributed by atoms with Gasteiger partial charge in [0.1, 0.15) is 18.7 Å². The van der Waals surface area contributed by atoms with E-state index < -0.39 is 0 Å². The van der Waals surface area contributed by atoms with E-state index in [9.17, 15) is 0 Å². The summed E-state index contributed by atoms with van der Waals surface area (Å²) < 4.78 is 3.90. The van der Waals surface area contributed by atoms with Gasteiger partial charge < -0.3 is 0 Å². The molecule has 20 heavy (non-hydrogen) atoms. The SMILES string of the molecule is CCC(Cl)c1c(C)nn(Cc2ncnn2C(C)C)c1C. The van der Waals surface area contributed by atoms with Crippen LogP contribution in [-0.4, -0.2) is 24.5 Å². The van der Waals surface area contributed by atoms with E-state index in [-0.39, 0.29) is 5.38 Å². The quantitative estimate of drug-likeness (QED) is 0.794. The lowest BCUT2D eigenvalue weighted by atomic mass is 10.1. The molecule has 6 heteroatoms. The van der Waals surface area contributed by atoms with Crippen LogP contribution in [0, 0.1) is 13.8 Å². The van der Waals surface area contributed by atoms with Crippen molar-refractivity contribution in [2.24, 2.45) is 0 Å². The topological polar surface area (TPSA) is 48.5 Å². The number of aromatic nitrogens is 5. The van der Waals surface area contributed by atoms with E-state index in [0.717, 1.165) is 29.2 Å². The van der Waals surface area contributed by atoms with Crippen LogP contribution >= 0.6 is 11.6 Å². The highest BCUT2D eigenvalue weighted by molar-refractivity contribution is 6.20.